The van der Waals surface area contributed by atoms with E-state index in [2.05, 4.69) is 10.6 Å². The largest absolute Gasteiger partial charge is 0.331 e. The molecule has 1 aromatic carbocycles. The van der Waals surface area contributed by atoms with Gasteiger partial charge in [0.25, 0.3) is 5.76 Å². The van der Waals surface area contributed by atoms with Crippen LogP contribution >= 0.6 is 23.1 Å². The van der Waals surface area contributed by atoms with Gasteiger partial charge in [0.2, 0.25) is 0 Å². The molecule has 1 atom stereocenters. The van der Waals surface area contributed by atoms with Crippen molar-refractivity contribution in [3.63, 3.8) is 0 Å². The maximum absolute atomic E-state index is 12.5. The van der Waals surface area contributed by atoms with Crippen molar-refractivity contribution >= 4 is 34.8 Å². The number of rotatable bonds is 5. The monoisotopic (exact) mass is 328 g/mol. The second kappa shape index (κ2) is 7.42. The molecule has 0 aliphatic rings. The lowest BCUT2D eigenvalue weighted by molar-refractivity contribution is 0.249. The average Bonchev–Trinajstić information content (AvgIpc) is 2.94. The number of hydrogen-bond acceptors (Lipinski definition) is 3. The SMILES string of the molecule is C[C@H](NC(=O)Nc1ccccc1SC(F)F)c1cccs1. The predicted octanol–water partition coefficient (Wildman–Crippen LogP) is 4.95. The van der Waals surface area contributed by atoms with Gasteiger partial charge in [-0.2, -0.15) is 8.78 Å². The Balaban J connectivity index is 1.99. The molecule has 21 heavy (non-hydrogen) atoms. The Morgan fingerprint density at radius 1 is 1.24 bits per heavy atom. The third kappa shape index (κ3) is 4.71. The molecule has 0 aliphatic carbocycles. The first kappa shape index (κ1) is 15.8. The van der Waals surface area contributed by atoms with Gasteiger partial charge in [-0.25, -0.2) is 4.79 Å². The van der Waals surface area contributed by atoms with E-state index in [9.17, 15) is 13.6 Å². The van der Waals surface area contributed by atoms with E-state index in [1.165, 1.54) is 0 Å². The summed E-state index contributed by atoms with van der Waals surface area (Å²) in [5.41, 5.74) is 0.374. The minimum Gasteiger partial charge on any atom is -0.331 e. The maximum atomic E-state index is 12.5. The molecular formula is C14H14F2N2OS2. The highest BCUT2D eigenvalue weighted by atomic mass is 32.2. The van der Waals surface area contributed by atoms with E-state index >= 15 is 0 Å². The number of nitrogens with one attached hydrogen (secondary N) is 2. The van der Waals surface area contributed by atoms with Gasteiger partial charge in [-0.05, 0) is 30.5 Å². The number of carbonyl (C=O) groups excluding carboxylic acids is 1. The average molecular weight is 328 g/mol. The summed E-state index contributed by atoms with van der Waals surface area (Å²) < 4.78 is 24.9. The number of para-hydroxylation sites is 1. The number of thiophene rings is 1. The van der Waals surface area contributed by atoms with Crippen molar-refractivity contribution in [3.8, 4) is 0 Å². The first-order valence-corrected chi connectivity index (χ1v) is 7.97. The summed E-state index contributed by atoms with van der Waals surface area (Å²) in [6.07, 6.45) is 0. The van der Waals surface area contributed by atoms with Crippen molar-refractivity contribution in [2.45, 2.75) is 23.6 Å². The third-order valence-corrected chi connectivity index (χ3v) is 4.51. The number of alkyl halides is 2. The van der Waals surface area contributed by atoms with Crippen LogP contribution in [0.1, 0.15) is 17.8 Å². The summed E-state index contributed by atoms with van der Waals surface area (Å²) in [6, 6.07) is 9.77. The van der Waals surface area contributed by atoms with E-state index in [1.807, 2.05) is 24.4 Å². The van der Waals surface area contributed by atoms with Crippen molar-refractivity contribution in [2.24, 2.45) is 0 Å². The third-order valence-electron chi connectivity index (χ3n) is 2.67. The van der Waals surface area contributed by atoms with Crippen LogP contribution in [0.4, 0.5) is 19.3 Å². The second-order valence-corrected chi connectivity index (χ2v) is 6.22. The molecule has 3 nitrogen and oxygen atoms in total. The standard InChI is InChI=1S/C14H14F2N2OS2/c1-9(11-7-4-8-20-11)17-14(19)18-10-5-2-3-6-12(10)21-13(15)16/h2-9,13H,1H3,(H2,17,18,19)/t9-/m0/s1. The molecule has 0 saturated heterocycles. The molecule has 7 heteroatoms. The van der Waals surface area contributed by atoms with Gasteiger partial charge in [0, 0.05) is 9.77 Å². The van der Waals surface area contributed by atoms with Crippen LogP contribution in [0.25, 0.3) is 0 Å². The van der Waals surface area contributed by atoms with Gasteiger partial charge in [0.05, 0.1) is 11.7 Å². The van der Waals surface area contributed by atoms with Crippen LogP contribution in [0.15, 0.2) is 46.7 Å². The number of amides is 2. The fourth-order valence-electron chi connectivity index (χ4n) is 1.73. The fraction of sp³-hybridized carbons (Fsp3) is 0.214. The Morgan fingerprint density at radius 3 is 2.67 bits per heavy atom. The number of urea groups is 1. The van der Waals surface area contributed by atoms with Crippen LogP contribution in [0.5, 0.6) is 0 Å². The lowest BCUT2D eigenvalue weighted by Gasteiger charge is -2.15. The van der Waals surface area contributed by atoms with Crippen LogP contribution in [0, 0.1) is 0 Å². The number of halogens is 2. The van der Waals surface area contributed by atoms with Crippen molar-refractivity contribution in [3.05, 3.63) is 46.7 Å². The first-order valence-electron chi connectivity index (χ1n) is 6.21. The van der Waals surface area contributed by atoms with Gasteiger partial charge >= 0.3 is 6.03 Å². The molecule has 2 amide bonds. The Labute approximate surface area is 129 Å². The summed E-state index contributed by atoms with van der Waals surface area (Å²) in [4.78, 5) is 13.3. The van der Waals surface area contributed by atoms with Gasteiger partial charge in [-0.1, -0.05) is 30.0 Å². The van der Waals surface area contributed by atoms with Crippen LogP contribution in [-0.4, -0.2) is 11.8 Å². The van der Waals surface area contributed by atoms with Crippen LogP contribution in [-0.2, 0) is 0 Å². The zero-order valence-corrected chi connectivity index (χ0v) is 12.8. The zero-order chi connectivity index (χ0) is 15.2. The van der Waals surface area contributed by atoms with E-state index in [4.69, 9.17) is 0 Å². The van der Waals surface area contributed by atoms with E-state index in [1.54, 1.807) is 35.6 Å². The van der Waals surface area contributed by atoms with Gasteiger partial charge in [0.15, 0.2) is 0 Å². The molecule has 0 bridgehead atoms. The number of anilines is 1. The van der Waals surface area contributed by atoms with Crippen molar-refractivity contribution < 1.29 is 13.6 Å². The summed E-state index contributed by atoms with van der Waals surface area (Å²) in [6.45, 7) is 1.87. The van der Waals surface area contributed by atoms with E-state index in [-0.39, 0.29) is 6.04 Å². The lowest BCUT2D eigenvalue weighted by Crippen LogP contribution is -2.30. The molecule has 1 heterocycles. The molecule has 0 aliphatic heterocycles. The summed E-state index contributed by atoms with van der Waals surface area (Å²) in [5, 5.41) is 7.31. The topological polar surface area (TPSA) is 41.1 Å². The lowest BCUT2D eigenvalue weighted by atomic mass is 10.3. The Bertz CT molecular complexity index is 590. The highest BCUT2D eigenvalue weighted by Gasteiger charge is 2.14. The molecule has 0 radical (unpaired) electrons. The van der Waals surface area contributed by atoms with Crippen molar-refractivity contribution in [1.29, 1.82) is 0 Å². The first-order chi connectivity index (χ1) is 10.1. The quantitative estimate of drug-likeness (QED) is 0.763. The molecule has 0 spiro atoms. The summed E-state index contributed by atoms with van der Waals surface area (Å²) in [7, 11) is 0. The molecule has 0 fully saturated rings. The molecule has 0 saturated carbocycles. The zero-order valence-electron chi connectivity index (χ0n) is 11.2. The fourth-order valence-corrected chi connectivity index (χ4v) is 3.06. The van der Waals surface area contributed by atoms with Gasteiger partial charge < -0.3 is 10.6 Å². The molecule has 2 N–H and O–H groups in total. The summed E-state index contributed by atoms with van der Waals surface area (Å²) in [5.74, 6) is -2.53. The van der Waals surface area contributed by atoms with E-state index in [0.29, 0.717) is 22.3 Å². The minimum atomic E-state index is -2.53. The smallest absolute Gasteiger partial charge is 0.319 e. The Kier molecular flexibility index (Phi) is 5.58. The van der Waals surface area contributed by atoms with Crippen molar-refractivity contribution in [1.82, 2.24) is 5.32 Å². The highest BCUT2D eigenvalue weighted by molar-refractivity contribution is 7.99. The van der Waals surface area contributed by atoms with Crippen LogP contribution < -0.4 is 10.6 Å². The van der Waals surface area contributed by atoms with Gasteiger partial charge in [-0.3, -0.25) is 0 Å². The number of hydrogen-bond donors (Lipinski definition) is 2. The molecular weight excluding hydrogens is 314 g/mol. The minimum absolute atomic E-state index is 0.139. The number of thioether (sulfide) groups is 1. The van der Waals surface area contributed by atoms with E-state index in [0.717, 1.165) is 4.88 Å². The summed E-state index contributed by atoms with van der Waals surface area (Å²) >= 11 is 1.95. The Morgan fingerprint density at radius 2 is 2.00 bits per heavy atom. The second-order valence-electron chi connectivity index (χ2n) is 4.21. The van der Waals surface area contributed by atoms with E-state index < -0.39 is 11.8 Å². The predicted molar refractivity (Wildman–Crippen MR) is 83.2 cm³/mol. The van der Waals surface area contributed by atoms with Crippen LogP contribution in [0.3, 0.4) is 0 Å². The van der Waals surface area contributed by atoms with Crippen molar-refractivity contribution in [2.75, 3.05) is 5.32 Å². The van der Waals surface area contributed by atoms with Gasteiger partial charge in [0.1, 0.15) is 0 Å². The number of benzene rings is 1. The Hall–Kier alpha value is -1.60. The number of carbonyl (C=O) groups is 1. The highest BCUT2D eigenvalue weighted by Crippen LogP contribution is 2.31. The molecule has 112 valence electrons. The molecule has 2 aromatic rings. The normalized spacial score (nSPS) is 12.2. The molecule has 1 aromatic heterocycles. The van der Waals surface area contributed by atoms with Crippen LogP contribution in [0.2, 0.25) is 0 Å². The molecule has 2 rings (SSSR count). The van der Waals surface area contributed by atoms with Gasteiger partial charge in [-0.15, -0.1) is 11.3 Å². The maximum Gasteiger partial charge on any atom is 0.319 e. The molecule has 0 unspecified atom stereocenters.